The summed E-state index contributed by atoms with van der Waals surface area (Å²) in [5, 5.41) is 7.28. The van der Waals surface area contributed by atoms with E-state index in [0.717, 1.165) is 37.1 Å². The highest BCUT2D eigenvalue weighted by molar-refractivity contribution is 5.73. The van der Waals surface area contributed by atoms with Crippen LogP contribution in [0.15, 0.2) is 42.7 Å². The number of unbranched alkanes of at least 4 members (excludes halogenated alkanes) is 2. The molecule has 1 N–H and O–H groups in total. The summed E-state index contributed by atoms with van der Waals surface area (Å²) in [4.78, 5) is 13.7. The summed E-state index contributed by atoms with van der Waals surface area (Å²) in [5.41, 5.74) is 2.02. The van der Waals surface area contributed by atoms with Crippen LogP contribution in [-0.2, 0) is 6.54 Å². The van der Waals surface area contributed by atoms with Gasteiger partial charge in [0, 0.05) is 25.4 Å². The van der Waals surface area contributed by atoms with Crippen LogP contribution in [0.5, 0.6) is 0 Å². The molecule has 2 aromatic rings. The molecule has 1 aromatic heterocycles. The Bertz CT molecular complexity index is 579. The second-order valence-electron chi connectivity index (χ2n) is 5.42. The molecule has 0 fully saturated rings. The molecule has 0 aliphatic rings. The predicted octanol–water partition coefficient (Wildman–Crippen LogP) is 3.20. The van der Waals surface area contributed by atoms with Gasteiger partial charge >= 0.3 is 6.03 Å². The first-order chi connectivity index (χ1) is 10.7. The first-order valence-electron chi connectivity index (χ1n) is 7.78. The van der Waals surface area contributed by atoms with Crippen LogP contribution >= 0.6 is 0 Å². The summed E-state index contributed by atoms with van der Waals surface area (Å²) < 4.78 is 1.82. The standard InChI is InChI=1S/C17H24N4O/c1-3-4-8-11-18-17(22)20(2)13-15-12-19-21(14-15)16-9-6-5-7-10-16/h5-7,9-10,12,14H,3-4,8,11,13H2,1-2H3,(H,18,22). The minimum absolute atomic E-state index is 0.0384. The van der Waals surface area contributed by atoms with Crippen molar-refractivity contribution in [1.29, 1.82) is 0 Å². The Morgan fingerprint density at radius 2 is 2.05 bits per heavy atom. The second-order valence-corrected chi connectivity index (χ2v) is 5.42. The van der Waals surface area contributed by atoms with E-state index >= 15 is 0 Å². The van der Waals surface area contributed by atoms with Crippen LogP contribution in [0, 0.1) is 0 Å². The van der Waals surface area contributed by atoms with E-state index in [-0.39, 0.29) is 6.03 Å². The third kappa shape index (κ3) is 4.62. The molecule has 0 unspecified atom stereocenters. The first kappa shape index (κ1) is 16.1. The van der Waals surface area contributed by atoms with Crippen molar-refractivity contribution in [2.75, 3.05) is 13.6 Å². The molecule has 5 nitrogen and oxygen atoms in total. The second kappa shape index (κ2) is 8.22. The van der Waals surface area contributed by atoms with Gasteiger partial charge in [-0.05, 0) is 18.6 Å². The van der Waals surface area contributed by atoms with Gasteiger partial charge in [0.05, 0.1) is 18.4 Å². The Morgan fingerprint density at radius 1 is 1.27 bits per heavy atom. The van der Waals surface area contributed by atoms with Crippen LogP contribution in [0.3, 0.4) is 0 Å². The molecule has 0 atom stereocenters. The minimum Gasteiger partial charge on any atom is -0.338 e. The lowest BCUT2D eigenvalue weighted by Gasteiger charge is -2.17. The van der Waals surface area contributed by atoms with Gasteiger partial charge < -0.3 is 10.2 Å². The maximum absolute atomic E-state index is 12.0. The Morgan fingerprint density at radius 3 is 2.77 bits per heavy atom. The van der Waals surface area contributed by atoms with Crippen molar-refractivity contribution in [3.05, 3.63) is 48.3 Å². The number of benzene rings is 1. The average Bonchev–Trinajstić information content (AvgIpc) is 3.00. The topological polar surface area (TPSA) is 50.2 Å². The number of amides is 2. The molecule has 1 aromatic carbocycles. The van der Waals surface area contributed by atoms with Gasteiger partial charge in [0.15, 0.2) is 0 Å². The average molecular weight is 300 g/mol. The van der Waals surface area contributed by atoms with Crippen LogP contribution in [0.1, 0.15) is 31.7 Å². The van der Waals surface area contributed by atoms with Crippen LogP contribution in [0.25, 0.3) is 5.69 Å². The van der Waals surface area contributed by atoms with Crippen LogP contribution in [-0.4, -0.2) is 34.3 Å². The molecular formula is C17H24N4O. The van der Waals surface area contributed by atoms with E-state index in [9.17, 15) is 4.79 Å². The van der Waals surface area contributed by atoms with E-state index in [1.807, 2.05) is 41.2 Å². The number of hydrogen-bond donors (Lipinski definition) is 1. The summed E-state index contributed by atoms with van der Waals surface area (Å²) in [6, 6.07) is 9.90. The molecule has 118 valence electrons. The van der Waals surface area contributed by atoms with E-state index in [4.69, 9.17) is 0 Å². The zero-order valence-electron chi connectivity index (χ0n) is 13.3. The van der Waals surface area contributed by atoms with Gasteiger partial charge in [0.1, 0.15) is 0 Å². The number of hydrogen-bond acceptors (Lipinski definition) is 2. The molecule has 0 radical (unpaired) electrons. The highest BCUT2D eigenvalue weighted by Gasteiger charge is 2.09. The van der Waals surface area contributed by atoms with Crippen molar-refractivity contribution in [2.45, 2.75) is 32.7 Å². The van der Waals surface area contributed by atoms with Crippen LogP contribution in [0.4, 0.5) is 4.79 Å². The van der Waals surface area contributed by atoms with Crippen molar-refractivity contribution < 1.29 is 4.79 Å². The van der Waals surface area contributed by atoms with Crippen LogP contribution < -0.4 is 5.32 Å². The maximum Gasteiger partial charge on any atom is 0.317 e. The fourth-order valence-corrected chi connectivity index (χ4v) is 2.21. The quantitative estimate of drug-likeness (QED) is 0.798. The molecule has 2 rings (SSSR count). The lowest BCUT2D eigenvalue weighted by molar-refractivity contribution is 0.206. The van der Waals surface area contributed by atoms with Gasteiger partial charge in [-0.25, -0.2) is 9.48 Å². The fraction of sp³-hybridized carbons (Fsp3) is 0.412. The molecule has 0 aliphatic carbocycles. The molecule has 1 heterocycles. The largest absolute Gasteiger partial charge is 0.338 e. The number of rotatable bonds is 7. The Balaban J connectivity index is 1.85. The van der Waals surface area contributed by atoms with E-state index in [1.54, 1.807) is 18.1 Å². The summed E-state index contributed by atoms with van der Waals surface area (Å²) in [6.45, 7) is 3.44. The number of aromatic nitrogens is 2. The number of nitrogens with one attached hydrogen (secondary N) is 1. The van der Waals surface area contributed by atoms with Crippen molar-refractivity contribution in [3.63, 3.8) is 0 Å². The van der Waals surface area contributed by atoms with Gasteiger partial charge in [-0.3, -0.25) is 0 Å². The summed E-state index contributed by atoms with van der Waals surface area (Å²) >= 11 is 0. The fourth-order valence-electron chi connectivity index (χ4n) is 2.21. The third-order valence-electron chi connectivity index (χ3n) is 3.48. The van der Waals surface area contributed by atoms with E-state index in [2.05, 4.69) is 17.3 Å². The van der Waals surface area contributed by atoms with Crippen molar-refractivity contribution >= 4 is 6.03 Å². The lowest BCUT2D eigenvalue weighted by Crippen LogP contribution is -2.37. The molecule has 22 heavy (non-hydrogen) atoms. The van der Waals surface area contributed by atoms with Crippen molar-refractivity contribution in [1.82, 2.24) is 20.0 Å². The normalized spacial score (nSPS) is 10.5. The number of para-hydroxylation sites is 1. The lowest BCUT2D eigenvalue weighted by atomic mass is 10.2. The number of carbonyl (C=O) groups excluding carboxylic acids is 1. The minimum atomic E-state index is -0.0384. The van der Waals surface area contributed by atoms with E-state index in [0.29, 0.717) is 6.54 Å². The van der Waals surface area contributed by atoms with Gasteiger partial charge in [-0.2, -0.15) is 5.10 Å². The smallest absolute Gasteiger partial charge is 0.317 e. The Kier molecular flexibility index (Phi) is 6.01. The summed E-state index contributed by atoms with van der Waals surface area (Å²) in [5.74, 6) is 0. The number of carbonyl (C=O) groups is 1. The Labute approximate surface area is 131 Å². The molecule has 0 spiro atoms. The van der Waals surface area contributed by atoms with Gasteiger partial charge in [-0.1, -0.05) is 38.0 Å². The zero-order chi connectivity index (χ0) is 15.8. The zero-order valence-corrected chi connectivity index (χ0v) is 13.3. The first-order valence-corrected chi connectivity index (χ1v) is 7.78. The van der Waals surface area contributed by atoms with Gasteiger partial charge in [0.25, 0.3) is 0 Å². The Hall–Kier alpha value is -2.30. The molecule has 0 saturated carbocycles. The molecule has 5 heteroatoms. The van der Waals surface area contributed by atoms with E-state index < -0.39 is 0 Å². The molecule has 0 saturated heterocycles. The highest BCUT2D eigenvalue weighted by atomic mass is 16.2. The van der Waals surface area contributed by atoms with Crippen molar-refractivity contribution in [2.24, 2.45) is 0 Å². The van der Waals surface area contributed by atoms with Crippen molar-refractivity contribution in [3.8, 4) is 5.69 Å². The van der Waals surface area contributed by atoms with E-state index in [1.165, 1.54) is 0 Å². The van der Waals surface area contributed by atoms with Gasteiger partial charge in [-0.15, -0.1) is 0 Å². The molecule has 0 bridgehead atoms. The summed E-state index contributed by atoms with van der Waals surface area (Å²) in [6.07, 6.45) is 7.09. The van der Waals surface area contributed by atoms with Gasteiger partial charge in [0.2, 0.25) is 0 Å². The number of nitrogens with zero attached hydrogens (tertiary/aromatic N) is 3. The summed E-state index contributed by atoms with van der Waals surface area (Å²) in [7, 11) is 1.80. The maximum atomic E-state index is 12.0. The molecular weight excluding hydrogens is 276 g/mol. The monoisotopic (exact) mass is 300 g/mol. The third-order valence-corrected chi connectivity index (χ3v) is 3.48. The highest BCUT2D eigenvalue weighted by Crippen LogP contribution is 2.09. The molecule has 2 amide bonds. The predicted molar refractivity (Wildman–Crippen MR) is 88.0 cm³/mol. The molecule has 0 aliphatic heterocycles. The SMILES string of the molecule is CCCCCNC(=O)N(C)Cc1cnn(-c2ccccc2)c1. The van der Waals surface area contributed by atoms with Crippen LogP contribution in [0.2, 0.25) is 0 Å². The number of urea groups is 1.